The molecule has 84 valence electrons. The van der Waals surface area contributed by atoms with Crippen LogP contribution in [0.4, 0.5) is 0 Å². The molecule has 0 aromatic carbocycles. The summed E-state index contributed by atoms with van der Waals surface area (Å²) in [6.07, 6.45) is 9.20. The summed E-state index contributed by atoms with van der Waals surface area (Å²) < 4.78 is 0. The summed E-state index contributed by atoms with van der Waals surface area (Å²) in [6.45, 7) is 0. The van der Waals surface area contributed by atoms with Crippen molar-refractivity contribution in [1.29, 1.82) is 0 Å². The minimum Gasteiger partial charge on any atom is -0.343 e. The number of aromatic nitrogens is 4. The highest BCUT2D eigenvalue weighted by Crippen LogP contribution is 2.10. The van der Waals surface area contributed by atoms with Gasteiger partial charge in [0.15, 0.2) is 5.65 Å². The Labute approximate surface area is 98.8 Å². The fraction of sp³-hybridized carbons (Fsp3) is 0.154. The fourth-order valence-electron chi connectivity index (χ4n) is 1.84. The molecule has 3 rings (SSSR count). The number of aromatic amines is 1. The highest BCUT2D eigenvalue weighted by atomic mass is 14.9. The van der Waals surface area contributed by atoms with Gasteiger partial charge >= 0.3 is 0 Å². The molecule has 0 aliphatic carbocycles. The number of pyridine rings is 2. The minimum absolute atomic E-state index is 0.773. The first kappa shape index (κ1) is 9.96. The first-order valence-corrected chi connectivity index (χ1v) is 5.59. The molecule has 0 spiro atoms. The van der Waals surface area contributed by atoms with Gasteiger partial charge in [0.25, 0.3) is 0 Å². The minimum atomic E-state index is 0.773. The molecule has 4 nitrogen and oxygen atoms in total. The van der Waals surface area contributed by atoms with Gasteiger partial charge < -0.3 is 4.98 Å². The molecular weight excluding hydrogens is 212 g/mol. The van der Waals surface area contributed by atoms with Crippen molar-refractivity contribution < 1.29 is 0 Å². The number of nitrogens with one attached hydrogen (secondary N) is 1. The van der Waals surface area contributed by atoms with Crippen LogP contribution in [0.15, 0.2) is 43.1 Å². The van der Waals surface area contributed by atoms with E-state index in [9.17, 15) is 0 Å². The Morgan fingerprint density at radius 1 is 1.06 bits per heavy atom. The molecule has 0 aliphatic rings. The Morgan fingerprint density at radius 3 is 2.88 bits per heavy atom. The van der Waals surface area contributed by atoms with Crippen LogP contribution in [0.2, 0.25) is 0 Å². The van der Waals surface area contributed by atoms with Crippen LogP contribution in [-0.2, 0) is 12.8 Å². The summed E-state index contributed by atoms with van der Waals surface area (Å²) >= 11 is 0. The number of hydrogen-bond donors (Lipinski definition) is 1. The van der Waals surface area contributed by atoms with Crippen molar-refractivity contribution in [1.82, 2.24) is 19.9 Å². The van der Waals surface area contributed by atoms with Gasteiger partial charge in [0.05, 0.1) is 11.8 Å². The van der Waals surface area contributed by atoms with E-state index in [1.54, 1.807) is 12.5 Å². The molecule has 3 heterocycles. The van der Waals surface area contributed by atoms with Gasteiger partial charge in [-0.05, 0) is 36.1 Å². The average Bonchev–Trinajstić information content (AvgIpc) is 2.85. The van der Waals surface area contributed by atoms with Gasteiger partial charge in [0.1, 0.15) is 0 Å². The third-order valence-corrected chi connectivity index (χ3v) is 2.76. The van der Waals surface area contributed by atoms with Crippen molar-refractivity contribution >= 4 is 11.2 Å². The first-order valence-electron chi connectivity index (χ1n) is 5.59. The third kappa shape index (κ3) is 2.15. The van der Waals surface area contributed by atoms with Gasteiger partial charge in [-0.25, -0.2) is 9.97 Å². The molecule has 0 radical (unpaired) electrons. The second kappa shape index (κ2) is 4.33. The number of H-pyrrole nitrogens is 1. The molecule has 0 saturated carbocycles. The molecule has 0 atom stereocenters. The molecule has 0 saturated heterocycles. The maximum absolute atomic E-state index is 4.30. The van der Waals surface area contributed by atoms with Crippen LogP contribution in [0.5, 0.6) is 0 Å². The fourth-order valence-corrected chi connectivity index (χ4v) is 1.84. The Morgan fingerprint density at radius 2 is 2.00 bits per heavy atom. The van der Waals surface area contributed by atoms with E-state index >= 15 is 0 Å². The number of aryl methyl sites for hydroxylation is 2. The molecule has 0 aliphatic heterocycles. The van der Waals surface area contributed by atoms with E-state index in [2.05, 4.69) is 32.1 Å². The zero-order chi connectivity index (χ0) is 11.5. The van der Waals surface area contributed by atoms with Gasteiger partial charge in [-0.1, -0.05) is 6.07 Å². The molecule has 0 unspecified atom stereocenters. The van der Waals surface area contributed by atoms with Gasteiger partial charge in [0.2, 0.25) is 0 Å². The molecular formula is C13H12N4. The topological polar surface area (TPSA) is 54.5 Å². The summed E-state index contributed by atoms with van der Waals surface area (Å²) in [6, 6.07) is 6.16. The van der Waals surface area contributed by atoms with Crippen molar-refractivity contribution in [3.63, 3.8) is 0 Å². The molecule has 0 amide bonds. The largest absolute Gasteiger partial charge is 0.343 e. The van der Waals surface area contributed by atoms with Crippen LogP contribution in [0.1, 0.15) is 11.1 Å². The van der Waals surface area contributed by atoms with Crippen LogP contribution in [0, 0.1) is 0 Å². The van der Waals surface area contributed by atoms with Crippen molar-refractivity contribution in [3.05, 3.63) is 54.2 Å². The Balaban J connectivity index is 1.76. The third-order valence-electron chi connectivity index (χ3n) is 2.76. The molecule has 4 heteroatoms. The van der Waals surface area contributed by atoms with E-state index < -0.39 is 0 Å². The zero-order valence-electron chi connectivity index (χ0n) is 9.30. The molecule has 1 N–H and O–H groups in total. The summed E-state index contributed by atoms with van der Waals surface area (Å²) in [4.78, 5) is 15.6. The second-order valence-corrected chi connectivity index (χ2v) is 3.98. The van der Waals surface area contributed by atoms with E-state index in [0.717, 1.165) is 24.0 Å². The maximum atomic E-state index is 4.30. The molecule has 17 heavy (non-hydrogen) atoms. The number of fused-ring (bicyclic) bond motifs is 1. The number of imidazole rings is 1. The molecule has 0 fully saturated rings. The van der Waals surface area contributed by atoms with Crippen molar-refractivity contribution in [3.8, 4) is 0 Å². The average molecular weight is 224 g/mol. The summed E-state index contributed by atoms with van der Waals surface area (Å²) in [5.41, 5.74) is 4.23. The smallest absolute Gasteiger partial charge is 0.177 e. The second-order valence-electron chi connectivity index (χ2n) is 3.98. The normalized spacial score (nSPS) is 10.8. The monoisotopic (exact) mass is 224 g/mol. The van der Waals surface area contributed by atoms with Crippen molar-refractivity contribution in [2.45, 2.75) is 12.8 Å². The van der Waals surface area contributed by atoms with Gasteiger partial charge in [-0.2, -0.15) is 0 Å². The summed E-state index contributed by atoms with van der Waals surface area (Å²) in [7, 11) is 0. The maximum Gasteiger partial charge on any atom is 0.177 e. The summed E-state index contributed by atoms with van der Waals surface area (Å²) in [5.74, 6) is 0. The van der Waals surface area contributed by atoms with Crippen LogP contribution < -0.4 is 0 Å². The lowest BCUT2D eigenvalue weighted by Crippen LogP contribution is -1.93. The quantitative estimate of drug-likeness (QED) is 0.741. The highest BCUT2D eigenvalue weighted by Gasteiger charge is 2.00. The SMILES string of the molecule is c1cncc(CCc2cnc3nc[nH]c3c2)c1. The Kier molecular flexibility index (Phi) is 2.54. The lowest BCUT2D eigenvalue weighted by molar-refractivity contribution is 0.944. The zero-order valence-corrected chi connectivity index (χ0v) is 9.30. The summed E-state index contributed by atoms with van der Waals surface area (Å²) in [5, 5.41) is 0. The highest BCUT2D eigenvalue weighted by molar-refractivity contribution is 5.70. The number of nitrogens with zero attached hydrogens (tertiary/aromatic N) is 3. The molecule has 3 aromatic heterocycles. The van der Waals surface area contributed by atoms with E-state index in [-0.39, 0.29) is 0 Å². The van der Waals surface area contributed by atoms with Gasteiger partial charge in [-0.15, -0.1) is 0 Å². The lowest BCUT2D eigenvalue weighted by Gasteiger charge is -2.01. The van der Waals surface area contributed by atoms with Gasteiger partial charge in [0, 0.05) is 18.6 Å². The number of hydrogen-bond acceptors (Lipinski definition) is 3. The first-order chi connectivity index (χ1) is 8.42. The van der Waals surface area contributed by atoms with E-state index in [1.807, 2.05) is 18.5 Å². The Bertz CT molecular complexity index is 615. The van der Waals surface area contributed by atoms with Crippen LogP contribution in [-0.4, -0.2) is 19.9 Å². The molecule has 3 aromatic rings. The number of rotatable bonds is 3. The van der Waals surface area contributed by atoms with Crippen molar-refractivity contribution in [2.24, 2.45) is 0 Å². The van der Waals surface area contributed by atoms with Crippen molar-refractivity contribution in [2.75, 3.05) is 0 Å². The lowest BCUT2D eigenvalue weighted by atomic mass is 10.1. The van der Waals surface area contributed by atoms with E-state index in [4.69, 9.17) is 0 Å². The van der Waals surface area contributed by atoms with E-state index in [1.165, 1.54) is 11.1 Å². The predicted octanol–water partition coefficient (Wildman–Crippen LogP) is 2.14. The van der Waals surface area contributed by atoms with E-state index in [0.29, 0.717) is 0 Å². The standard InChI is InChI=1S/C13H12N4/c1-2-10(7-14-5-1)3-4-11-6-12-13(15-8-11)17-9-16-12/h1-2,5-9H,3-4H2,(H,15,16,17). The van der Waals surface area contributed by atoms with Crippen LogP contribution in [0.3, 0.4) is 0 Å². The van der Waals surface area contributed by atoms with Crippen LogP contribution >= 0.6 is 0 Å². The predicted molar refractivity (Wildman–Crippen MR) is 65.5 cm³/mol. The van der Waals surface area contributed by atoms with Crippen LogP contribution in [0.25, 0.3) is 11.2 Å². The Hall–Kier alpha value is -2.23. The van der Waals surface area contributed by atoms with Gasteiger partial charge in [-0.3, -0.25) is 4.98 Å². The molecule has 0 bridgehead atoms.